The van der Waals surface area contributed by atoms with Crippen molar-refractivity contribution in [2.24, 2.45) is 12.9 Å². The SMILES string of the molecule is Cn1ccnc1C(CCCc1cccs1)NN. The van der Waals surface area contributed by atoms with E-state index in [9.17, 15) is 0 Å². The van der Waals surface area contributed by atoms with E-state index >= 15 is 0 Å². The second kappa shape index (κ2) is 5.95. The summed E-state index contributed by atoms with van der Waals surface area (Å²) >= 11 is 1.81. The fourth-order valence-corrected chi connectivity index (χ4v) is 2.69. The molecule has 0 amide bonds. The highest BCUT2D eigenvalue weighted by Crippen LogP contribution is 2.18. The quantitative estimate of drug-likeness (QED) is 0.609. The number of thiophene rings is 1. The number of aryl methyl sites for hydroxylation is 2. The molecule has 0 bridgehead atoms. The number of hydrogen-bond donors (Lipinski definition) is 2. The van der Waals surface area contributed by atoms with Gasteiger partial charge >= 0.3 is 0 Å². The van der Waals surface area contributed by atoms with Gasteiger partial charge in [0.05, 0.1) is 6.04 Å². The van der Waals surface area contributed by atoms with E-state index in [1.807, 2.05) is 29.1 Å². The fourth-order valence-electron chi connectivity index (χ4n) is 1.94. The molecular formula is C12H18N4S. The fraction of sp³-hybridized carbons (Fsp3) is 0.417. The number of hydrogen-bond acceptors (Lipinski definition) is 4. The predicted molar refractivity (Wildman–Crippen MR) is 70.5 cm³/mol. The topological polar surface area (TPSA) is 55.9 Å². The molecule has 3 N–H and O–H groups in total. The maximum atomic E-state index is 5.59. The van der Waals surface area contributed by atoms with Crippen molar-refractivity contribution in [1.29, 1.82) is 0 Å². The van der Waals surface area contributed by atoms with E-state index in [0.29, 0.717) is 0 Å². The minimum atomic E-state index is 0.134. The average molecular weight is 250 g/mol. The zero-order valence-corrected chi connectivity index (χ0v) is 10.8. The van der Waals surface area contributed by atoms with Crippen molar-refractivity contribution in [3.8, 4) is 0 Å². The van der Waals surface area contributed by atoms with E-state index in [1.54, 1.807) is 6.20 Å². The Bertz CT molecular complexity index is 435. The summed E-state index contributed by atoms with van der Waals surface area (Å²) in [6.45, 7) is 0. The molecular weight excluding hydrogens is 232 g/mol. The summed E-state index contributed by atoms with van der Waals surface area (Å²) in [6.07, 6.45) is 6.97. The minimum absolute atomic E-state index is 0.134. The molecule has 0 saturated carbocycles. The molecule has 0 saturated heterocycles. The molecule has 17 heavy (non-hydrogen) atoms. The number of aromatic nitrogens is 2. The van der Waals surface area contributed by atoms with Crippen LogP contribution in [0.3, 0.4) is 0 Å². The van der Waals surface area contributed by atoms with E-state index < -0.39 is 0 Å². The maximum absolute atomic E-state index is 5.59. The summed E-state index contributed by atoms with van der Waals surface area (Å²) < 4.78 is 2.01. The highest BCUT2D eigenvalue weighted by Gasteiger charge is 2.13. The van der Waals surface area contributed by atoms with Gasteiger partial charge in [0.25, 0.3) is 0 Å². The van der Waals surface area contributed by atoms with Crippen LogP contribution in [0.2, 0.25) is 0 Å². The van der Waals surface area contributed by atoms with Crippen molar-refractivity contribution in [2.45, 2.75) is 25.3 Å². The monoisotopic (exact) mass is 250 g/mol. The Kier molecular flexibility index (Phi) is 4.30. The number of rotatable bonds is 6. The van der Waals surface area contributed by atoms with Crippen LogP contribution in [-0.4, -0.2) is 9.55 Å². The molecule has 0 aliphatic carbocycles. The second-order valence-corrected chi connectivity index (χ2v) is 5.12. The molecule has 1 unspecified atom stereocenters. The van der Waals surface area contributed by atoms with Crippen LogP contribution in [0.15, 0.2) is 29.9 Å². The zero-order chi connectivity index (χ0) is 12.1. The summed E-state index contributed by atoms with van der Waals surface area (Å²) in [7, 11) is 1.99. The molecule has 0 aliphatic heterocycles. The van der Waals surface area contributed by atoms with Gasteiger partial charge in [0.15, 0.2) is 0 Å². The van der Waals surface area contributed by atoms with Gasteiger partial charge in [0.1, 0.15) is 5.82 Å². The van der Waals surface area contributed by atoms with Crippen molar-refractivity contribution in [2.75, 3.05) is 0 Å². The normalized spacial score (nSPS) is 12.8. The van der Waals surface area contributed by atoms with Crippen LogP contribution in [0.4, 0.5) is 0 Å². The number of hydrazine groups is 1. The lowest BCUT2D eigenvalue weighted by Crippen LogP contribution is -2.30. The molecule has 2 rings (SSSR count). The lowest BCUT2D eigenvalue weighted by atomic mass is 10.1. The first kappa shape index (κ1) is 12.3. The van der Waals surface area contributed by atoms with E-state index in [-0.39, 0.29) is 6.04 Å². The van der Waals surface area contributed by atoms with Crippen LogP contribution in [0, 0.1) is 0 Å². The van der Waals surface area contributed by atoms with Gasteiger partial charge in [-0.15, -0.1) is 11.3 Å². The molecule has 2 aromatic rings. The molecule has 1 atom stereocenters. The van der Waals surface area contributed by atoms with E-state index in [4.69, 9.17) is 5.84 Å². The summed E-state index contributed by atoms with van der Waals surface area (Å²) in [5, 5.41) is 2.12. The molecule has 5 heteroatoms. The van der Waals surface area contributed by atoms with Gasteiger partial charge in [0, 0.05) is 24.3 Å². The Morgan fingerprint density at radius 1 is 1.59 bits per heavy atom. The van der Waals surface area contributed by atoms with Crippen molar-refractivity contribution in [1.82, 2.24) is 15.0 Å². The second-order valence-electron chi connectivity index (χ2n) is 4.09. The van der Waals surface area contributed by atoms with Gasteiger partial charge in [-0.2, -0.15) is 0 Å². The van der Waals surface area contributed by atoms with Crippen LogP contribution < -0.4 is 11.3 Å². The Balaban J connectivity index is 1.86. The molecule has 92 valence electrons. The number of nitrogens with zero attached hydrogens (tertiary/aromatic N) is 2. The Hall–Kier alpha value is -1.17. The van der Waals surface area contributed by atoms with Gasteiger partial charge in [-0.25, -0.2) is 10.4 Å². The predicted octanol–water partition coefficient (Wildman–Crippen LogP) is 2.01. The minimum Gasteiger partial charge on any atom is -0.337 e. The van der Waals surface area contributed by atoms with Gasteiger partial charge in [-0.05, 0) is 30.7 Å². The molecule has 4 nitrogen and oxygen atoms in total. The van der Waals surface area contributed by atoms with Crippen LogP contribution in [0.1, 0.15) is 29.6 Å². The third-order valence-corrected chi connectivity index (χ3v) is 3.80. The van der Waals surface area contributed by atoms with E-state index in [2.05, 4.69) is 27.9 Å². The number of imidazole rings is 1. The average Bonchev–Trinajstić information content (AvgIpc) is 2.96. The molecule has 0 fully saturated rings. The number of nitrogens with one attached hydrogen (secondary N) is 1. The van der Waals surface area contributed by atoms with Gasteiger partial charge in [0.2, 0.25) is 0 Å². The summed E-state index contributed by atoms with van der Waals surface area (Å²) in [6, 6.07) is 4.41. The van der Waals surface area contributed by atoms with Crippen LogP contribution in [0.25, 0.3) is 0 Å². The Morgan fingerprint density at radius 3 is 3.06 bits per heavy atom. The summed E-state index contributed by atoms with van der Waals surface area (Å²) in [4.78, 5) is 5.76. The molecule has 0 aliphatic rings. The lowest BCUT2D eigenvalue weighted by molar-refractivity contribution is 0.465. The van der Waals surface area contributed by atoms with Crippen LogP contribution in [0.5, 0.6) is 0 Å². The Morgan fingerprint density at radius 2 is 2.47 bits per heavy atom. The van der Waals surface area contributed by atoms with Crippen LogP contribution in [-0.2, 0) is 13.5 Å². The maximum Gasteiger partial charge on any atom is 0.126 e. The first-order valence-corrected chi connectivity index (χ1v) is 6.65. The highest BCUT2D eigenvalue weighted by molar-refractivity contribution is 7.09. The van der Waals surface area contributed by atoms with E-state index in [1.165, 1.54) is 4.88 Å². The molecule has 2 heterocycles. The highest BCUT2D eigenvalue weighted by atomic mass is 32.1. The lowest BCUT2D eigenvalue weighted by Gasteiger charge is -2.15. The van der Waals surface area contributed by atoms with Gasteiger partial charge in [-0.1, -0.05) is 6.07 Å². The molecule has 0 radical (unpaired) electrons. The number of nitrogens with two attached hydrogens (primary N) is 1. The van der Waals surface area contributed by atoms with Crippen molar-refractivity contribution >= 4 is 11.3 Å². The standard InChI is InChI=1S/C12H18N4S/c1-16-8-7-14-12(16)11(15-13)6-2-4-10-5-3-9-17-10/h3,5,7-9,11,15H,2,4,6,13H2,1H3. The van der Waals surface area contributed by atoms with Gasteiger partial charge < -0.3 is 4.57 Å². The van der Waals surface area contributed by atoms with Crippen LogP contribution >= 0.6 is 11.3 Å². The largest absolute Gasteiger partial charge is 0.337 e. The van der Waals surface area contributed by atoms with Gasteiger partial charge in [-0.3, -0.25) is 5.84 Å². The van der Waals surface area contributed by atoms with Crippen molar-refractivity contribution in [3.63, 3.8) is 0 Å². The molecule has 0 spiro atoms. The molecule has 0 aromatic carbocycles. The van der Waals surface area contributed by atoms with E-state index in [0.717, 1.165) is 25.1 Å². The zero-order valence-electron chi connectivity index (χ0n) is 9.97. The summed E-state index contributed by atoms with van der Waals surface area (Å²) in [5.74, 6) is 6.59. The third-order valence-electron chi connectivity index (χ3n) is 2.87. The molecule has 2 aromatic heterocycles. The van der Waals surface area contributed by atoms with Crippen molar-refractivity contribution < 1.29 is 0 Å². The third kappa shape index (κ3) is 3.15. The smallest absolute Gasteiger partial charge is 0.126 e. The summed E-state index contributed by atoms with van der Waals surface area (Å²) in [5.41, 5.74) is 2.85. The van der Waals surface area contributed by atoms with Crippen molar-refractivity contribution in [3.05, 3.63) is 40.6 Å². The first-order valence-electron chi connectivity index (χ1n) is 5.77. The first-order chi connectivity index (χ1) is 8.31. The Labute approximate surface area is 105 Å².